The van der Waals surface area contributed by atoms with Crippen LogP contribution in [0.15, 0.2) is 28.3 Å². The number of H-pyrrole nitrogens is 1. The van der Waals surface area contributed by atoms with Crippen molar-refractivity contribution in [1.29, 1.82) is 0 Å². The molecule has 1 atom stereocenters. The van der Waals surface area contributed by atoms with E-state index in [2.05, 4.69) is 15.5 Å². The van der Waals surface area contributed by atoms with Crippen LogP contribution in [0.2, 0.25) is 0 Å². The number of carbonyl (C=O) groups is 1. The lowest BCUT2D eigenvalue weighted by atomic mass is 10.2. The van der Waals surface area contributed by atoms with Crippen LogP contribution in [0.25, 0.3) is 0 Å². The first kappa shape index (κ1) is 12.8. The van der Waals surface area contributed by atoms with E-state index in [1.54, 1.807) is 6.92 Å². The van der Waals surface area contributed by atoms with E-state index < -0.39 is 11.9 Å². The number of hydrogen-bond donors (Lipinski definition) is 4. The summed E-state index contributed by atoms with van der Waals surface area (Å²) in [4.78, 5) is 24.9. The molecule has 1 unspecified atom stereocenters. The number of nitrogens with one attached hydrogen (secondary N) is 2. The molecule has 0 aromatic carbocycles. The summed E-state index contributed by atoms with van der Waals surface area (Å²) < 4.78 is 0. The molecule has 7 nitrogen and oxygen atoms in total. The fourth-order valence-corrected chi connectivity index (χ4v) is 1.25. The van der Waals surface area contributed by atoms with Crippen molar-refractivity contribution in [2.45, 2.75) is 19.4 Å². The van der Waals surface area contributed by atoms with Crippen LogP contribution in [-0.2, 0) is 0 Å². The van der Waals surface area contributed by atoms with Crippen LogP contribution >= 0.6 is 0 Å². The zero-order valence-electron chi connectivity index (χ0n) is 9.30. The maximum Gasteiger partial charge on any atom is 0.253 e. The lowest BCUT2D eigenvalue weighted by Crippen LogP contribution is -2.44. The van der Waals surface area contributed by atoms with Gasteiger partial charge in [0.25, 0.3) is 5.91 Å². The van der Waals surface area contributed by atoms with Crippen LogP contribution in [0.4, 0.5) is 0 Å². The zero-order chi connectivity index (χ0) is 12.8. The van der Waals surface area contributed by atoms with E-state index in [0.29, 0.717) is 12.0 Å². The third kappa shape index (κ3) is 3.33. The van der Waals surface area contributed by atoms with Crippen LogP contribution in [0.1, 0.15) is 23.7 Å². The highest BCUT2D eigenvalue weighted by Gasteiger charge is 2.15. The van der Waals surface area contributed by atoms with Crippen LogP contribution in [-0.4, -0.2) is 28.0 Å². The number of amides is 1. The summed E-state index contributed by atoms with van der Waals surface area (Å²) in [5.41, 5.74) is 5.42. The van der Waals surface area contributed by atoms with Crippen molar-refractivity contribution in [3.63, 3.8) is 0 Å². The molecule has 0 aliphatic heterocycles. The standard InChI is InChI=1S/C10H14N4O3/c1-2-7(9(11)14-17)13-10(16)6-3-4-8(15)12-5-6/h3-5,7,17H,2H2,1H3,(H2,11,14)(H,12,15)(H,13,16). The van der Waals surface area contributed by atoms with Crippen molar-refractivity contribution < 1.29 is 10.0 Å². The Bertz CT molecular complexity index is 460. The number of amidine groups is 1. The second-order valence-corrected chi connectivity index (χ2v) is 3.40. The molecule has 1 heterocycles. The van der Waals surface area contributed by atoms with E-state index in [-0.39, 0.29) is 11.4 Å². The number of oxime groups is 1. The summed E-state index contributed by atoms with van der Waals surface area (Å²) in [6.45, 7) is 1.79. The number of nitrogens with two attached hydrogens (primary N) is 1. The molecule has 0 spiro atoms. The average molecular weight is 238 g/mol. The van der Waals surface area contributed by atoms with Crippen molar-refractivity contribution in [3.05, 3.63) is 34.2 Å². The Morgan fingerprint density at radius 1 is 1.65 bits per heavy atom. The summed E-state index contributed by atoms with van der Waals surface area (Å²) in [6.07, 6.45) is 1.79. The molecule has 0 fully saturated rings. The summed E-state index contributed by atoms with van der Waals surface area (Å²) in [5.74, 6) is -0.468. The maximum absolute atomic E-state index is 11.7. The lowest BCUT2D eigenvalue weighted by molar-refractivity contribution is 0.0945. The number of pyridine rings is 1. The Morgan fingerprint density at radius 3 is 2.82 bits per heavy atom. The molecule has 0 aliphatic carbocycles. The van der Waals surface area contributed by atoms with Gasteiger partial charge < -0.3 is 21.2 Å². The topological polar surface area (TPSA) is 121 Å². The first-order valence-electron chi connectivity index (χ1n) is 5.05. The summed E-state index contributed by atoms with van der Waals surface area (Å²) >= 11 is 0. The third-order valence-electron chi connectivity index (χ3n) is 2.23. The SMILES string of the molecule is CCC(NC(=O)c1ccc(=O)[nH]c1)/C(N)=N/O. The molecule has 17 heavy (non-hydrogen) atoms. The highest BCUT2D eigenvalue weighted by Crippen LogP contribution is 1.97. The molecular formula is C10H14N4O3. The van der Waals surface area contributed by atoms with E-state index in [0.717, 1.165) is 0 Å². The van der Waals surface area contributed by atoms with Gasteiger partial charge in [-0.2, -0.15) is 0 Å². The normalized spacial score (nSPS) is 13.1. The molecule has 0 aliphatic rings. The second kappa shape index (κ2) is 5.69. The number of hydrogen-bond acceptors (Lipinski definition) is 4. The predicted octanol–water partition coefficient (Wildman–Crippen LogP) is -0.370. The quantitative estimate of drug-likeness (QED) is 0.247. The van der Waals surface area contributed by atoms with Crippen molar-refractivity contribution in [2.75, 3.05) is 0 Å². The predicted molar refractivity (Wildman–Crippen MR) is 62.0 cm³/mol. The van der Waals surface area contributed by atoms with Crippen LogP contribution in [0, 0.1) is 0 Å². The summed E-state index contributed by atoms with van der Waals surface area (Å²) in [6, 6.07) is 2.10. The molecule has 1 aromatic rings. The average Bonchev–Trinajstić information content (AvgIpc) is 2.35. The fraction of sp³-hybridized carbons (Fsp3) is 0.300. The minimum atomic E-state index is -0.542. The van der Waals surface area contributed by atoms with E-state index in [1.807, 2.05) is 0 Å². The van der Waals surface area contributed by atoms with Crippen LogP contribution < -0.4 is 16.6 Å². The van der Waals surface area contributed by atoms with Gasteiger partial charge in [0.15, 0.2) is 5.84 Å². The molecule has 1 amide bonds. The Labute approximate surface area is 97.3 Å². The van der Waals surface area contributed by atoms with Gasteiger partial charge in [-0.05, 0) is 12.5 Å². The molecule has 92 valence electrons. The Morgan fingerprint density at radius 2 is 2.35 bits per heavy atom. The van der Waals surface area contributed by atoms with Crippen molar-refractivity contribution in [3.8, 4) is 0 Å². The first-order valence-corrected chi connectivity index (χ1v) is 5.05. The first-order chi connectivity index (χ1) is 8.08. The maximum atomic E-state index is 11.7. The van der Waals surface area contributed by atoms with Crippen LogP contribution in [0.5, 0.6) is 0 Å². The number of rotatable bonds is 4. The number of nitrogens with zero attached hydrogens (tertiary/aromatic N) is 1. The Kier molecular flexibility index (Phi) is 4.27. The van der Waals surface area contributed by atoms with Gasteiger partial charge in [-0.25, -0.2) is 0 Å². The molecule has 1 aromatic heterocycles. The van der Waals surface area contributed by atoms with E-state index in [9.17, 15) is 9.59 Å². The highest BCUT2D eigenvalue weighted by molar-refractivity contribution is 5.97. The highest BCUT2D eigenvalue weighted by atomic mass is 16.4. The molecule has 7 heteroatoms. The summed E-state index contributed by atoms with van der Waals surface area (Å²) in [7, 11) is 0. The summed E-state index contributed by atoms with van der Waals surface area (Å²) in [5, 5.41) is 13.9. The van der Waals surface area contributed by atoms with Gasteiger partial charge in [0.1, 0.15) is 0 Å². The fourth-order valence-electron chi connectivity index (χ4n) is 1.25. The van der Waals surface area contributed by atoms with Gasteiger partial charge in [0.2, 0.25) is 5.56 Å². The molecule has 0 saturated heterocycles. The molecule has 0 bridgehead atoms. The molecule has 0 saturated carbocycles. The largest absolute Gasteiger partial charge is 0.409 e. The number of aromatic nitrogens is 1. The Hall–Kier alpha value is -2.31. The number of carbonyl (C=O) groups excluding carboxylic acids is 1. The van der Waals surface area contributed by atoms with Gasteiger partial charge in [-0.15, -0.1) is 0 Å². The number of aromatic amines is 1. The van der Waals surface area contributed by atoms with Gasteiger partial charge in [0, 0.05) is 12.3 Å². The lowest BCUT2D eigenvalue weighted by Gasteiger charge is -2.14. The zero-order valence-corrected chi connectivity index (χ0v) is 9.30. The van der Waals surface area contributed by atoms with Gasteiger partial charge >= 0.3 is 0 Å². The van der Waals surface area contributed by atoms with Crippen molar-refractivity contribution in [2.24, 2.45) is 10.9 Å². The monoisotopic (exact) mass is 238 g/mol. The van der Waals surface area contributed by atoms with Gasteiger partial charge in [0.05, 0.1) is 11.6 Å². The molecule has 1 rings (SSSR count). The van der Waals surface area contributed by atoms with E-state index in [4.69, 9.17) is 10.9 Å². The van der Waals surface area contributed by atoms with Gasteiger partial charge in [-0.1, -0.05) is 12.1 Å². The second-order valence-electron chi connectivity index (χ2n) is 3.40. The Balaban J connectivity index is 2.78. The molecule has 0 radical (unpaired) electrons. The molecule has 5 N–H and O–H groups in total. The van der Waals surface area contributed by atoms with Crippen molar-refractivity contribution >= 4 is 11.7 Å². The van der Waals surface area contributed by atoms with Crippen molar-refractivity contribution in [1.82, 2.24) is 10.3 Å². The van der Waals surface area contributed by atoms with E-state index >= 15 is 0 Å². The van der Waals surface area contributed by atoms with E-state index in [1.165, 1.54) is 18.3 Å². The minimum Gasteiger partial charge on any atom is -0.409 e. The van der Waals surface area contributed by atoms with Gasteiger partial charge in [-0.3, -0.25) is 9.59 Å². The minimum absolute atomic E-state index is 0.0646. The smallest absolute Gasteiger partial charge is 0.253 e. The molecular weight excluding hydrogens is 224 g/mol. The van der Waals surface area contributed by atoms with Crippen LogP contribution in [0.3, 0.4) is 0 Å². The third-order valence-corrected chi connectivity index (χ3v) is 2.23.